The van der Waals surface area contributed by atoms with Gasteiger partial charge < -0.3 is 10.6 Å². The van der Waals surface area contributed by atoms with Crippen molar-refractivity contribution in [2.75, 3.05) is 30.3 Å². The van der Waals surface area contributed by atoms with Crippen molar-refractivity contribution in [1.29, 1.82) is 0 Å². The van der Waals surface area contributed by atoms with Crippen LogP contribution in [0.1, 0.15) is 32.6 Å². The zero-order valence-corrected chi connectivity index (χ0v) is 11.6. The van der Waals surface area contributed by atoms with Crippen molar-refractivity contribution < 1.29 is 0 Å². The number of nitrogens with one attached hydrogen (secondary N) is 2. The molecule has 0 saturated carbocycles. The second-order valence-corrected chi connectivity index (χ2v) is 5.50. The van der Waals surface area contributed by atoms with Crippen LogP contribution >= 0.6 is 0 Å². The van der Waals surface area contributed by atoms with Gasteiger partial charge in [-0.25, -0.2) is 4.98 Å². The molecule has 0 spiro atoms. The molecule has 0 amide bonds. The van der Waals surface area contributed by atoms with Crippen molar-refractivity contribution in [3.63, 3.8) is 0 Å². The molecule has 2 aliphatic heterocycles. The van der Waals surface area contributed by atoms with E-state index in [2.05, 4.69) is 32.4 Å². The molecule has 3 rings (SSSR count). The molecule has 2 aliphatic rings. The van der Waals surface area contributed by atoms with E-state index in [0.717, 1.165) is 24.6 Å². The molecule has 0 aromatic carbocycles. The van der Waals surface area contributed by atoms with Crippen LogP contribution in [0.4, 0.5) is 11.6 Å². The van der Waals surface area contributed by atoms with Crippen molar-refractivity contribution >= 4 is 11.6 Å². The normalized spacial score (nSPS) is 26.4. The lowest BCUT2D eigenvalue weighted by atomic mass is 10.1. The first-order valence-electron chi connectivity index (χ1n) is 7.43. The molecular formula is C14H23N5. The summed E-state index contributed by atoms with van der Waals surface area (Å²) < 4.78 is 0. The lowest BCUT2D eigenvalue weighted by molar-refractivity contribution is 0.318. The Labute approximate surface area is 114 Å². The van der Waals surface area contributed by atoms with E-state index in [9.17, 15) is 0 Å². The number of hydrogen-bond acceptors (Lipinski definition) is 5. The number of fused-ring (bicyclic) bond motifs is 1. The van der Waals surface area contributed by atoms with Crippen LogP contribution in [0.15, 0.2) is 12.4 Å². The Balaban J connectivity index is 1.63. The fourth-order valence-corrected chi connectivity index (χ4v) is 3.21. The lowest BCUT2D eigenvalue weighted by Gasteiger charge is -2.21. The van der Waals surface area contributed by atoms with Crippen LogP contribution in [0.2, 0.25) is 0 Å². The third-order valence-corrected chi connectivity index (χ3v) is 4.13. The van der Waals surface area contributed by atoms with Crippen LogP contribution in [0.25, 0.3) is 0 Å². The summed E-state index contributed by atoms with van der Waals surface area (Å²) in [6, 6.07) is 1.24. The zero-order valence-electron chi connectivity index (χ0n) is 11.6. The maximum absolute atomic E-state index is 4.58. The largest absolute Gasteiger partial charge is 0.369 e. The second kappa shape index (κ2) is 5.74. The molecule has 2 N–H and O–H groups in total. The molecule has 5 heteroatoms. The van der Waals surface area contributed by atoms with E-state index in [1.54, 1.807) is 6.20 Å². The van der Waals surface area contributed by atoms with Crippen molar-refractivity contribution in [2.24, 2.45) is 0 Å². The van der Waals surface area contributed by atoms with E-state index in [1.165, 1.54) is 32.4 Å². The number of nitrogens with zero attached hydrogens (tertiary/aromatic N) is 3. The van der Waals surface area contributed by atoms with Crippen LogP contribution < -0.4 is 10.6 Å². The predicted octanol–water partition coefficient (Wildman–Crippen LogP) is 1.95. The minimum atomic E-state index is 0.540. The summed E-state index contributed by atoms with van der Waals surface area (Å²) in [4.78, 5) is 11.5. The van der Waals surface area contributed by atoms with Crippen LogP contribution in [-0.4, -0.2) is 46.6 Å². The van der Waals surface area contributed by atoms with Gasteiger partial charge in [0.15, 0.2) is 0 Å². The van der Waals surface area contributed by atoms with Gasteiger partial charge in [-0.2, -0.15) is 0 Å². The van der Waals surface area contributed by atoms with Crippen LogP contribution in [-0.2, 0) is 0 Å². The maximum Gasteiger partial charge on any atom is 0.147 e. The third-order valence-electron chi connectivity index (χ3n) is 4.13. The summed E-state index contributed by atoms with van der Waals surface area (Å²) in [7, 11) is 0. The molecule has 2 atom stereocenters. The number of hydrogen-bond donors (Lipinski definition) is 2. The fourth-order valence-electron chi connectivity index (χ4n) is 3.21. The molecule has 19 heavy (non-hydrogen) atoms. The smallest absolute Gasteiger partial charge is 0.147 e. The Kier molecular flexibility index (Phi) is 3.82. The summed E-state index contributed by atoms with van der Waals surface area (Å²) in [5.41, 5.74) is 0. The maximum atomic E-state index is 4.58. The minimum Gasteiger partial charge on any atom is -0.369 e. The highest BCUT2D eigenvalue weighted by atomic mass is 15.2. The van der Waals surface area contributed by atoms with Gasteiger partial charge in [0, 0.05) is 25.2 Å². The summed E-state index contributed by atoms with van der Waals surface area (Å²) in [6.07, 6.45) is 8.59. The molecule has 1 aromatic rings. The molecule has 2 saturated heterocycles. The molecule has 0 aliphatic carbocycles. The van der Waals surface area contributed by atoms with Gasteiger partial charge in [-0.3, -0.25) is 9.88 Å². The topological polar surface area (TPSA) is 53.1 Å². The van der Waals surface area contributed by atoms with Crippen LogP contribution in [0.5, 0.6) is 0 Å². The Morgan fingerprint density at radius 2 is 2.16 bits per heavy atom. The van der Waals surface area contributed by atoms with E-state index < -0.39 is 0 Å². The van der Waals surface area contributed by atoms with Crippen molar-refractivity contribution in [3.05, 3.63) is 12.4 Å². The third kappa shape index (κ3) is 2.81. The van der Waals surface area contributed by atoms with Gasteiger partial charge in [0.05, 0.1) is 12.4 Å². The second-order valence-electron chi connectivity index (χ2n) is 5.50. The monoisotopic (exact) mass is 261 g/mol. The van der Waals surface area contributed by atoms with Crippen molar-refractivity contribution in [2.45, 2.75) is 44.7 Å². The van der Waals surface area contributed by atoms with Crippen molar-refractivity contribution in [1.82, 2.24) is 14.9 Å². The van der Waals surface area contributed by atoms with E-state index in [0.29, 0.717) is 12.1 Å². The Bertz CT molecular complexity index is 422. The molecule has 2 fully saturated rings. The Hall–Kier alpha value is -1.36. The van der Waals surface area contributed by atoms with Gasteiger partial charge in [-0.1, -0.05) is 6.92 Å². The standard InChI is InChI=1S/C14H23N5/c1-2-6-16-13-9-15-10-14(18-13)17-11-5-8-19-7-3-4-12(11)19/h9-12H,2-8H2,1H3,(H2,16,17,18). The molecule has 104 valence electrons. The van der Waals surface area contributed by atoms with E-state index in [-0.39, 0.29) is 0 Å². The SMILES string of the molecule is CCCNc1cncc(NC2CCN3CCCC23)n1. The zero-order chi connectivity index (χ0) is 13.1. The first kappa shape index (κ1) is 12.7. The predicted molar refractivity (Wildman–Crippen MR) is 77.4 cm³/mol. The summed E-state index contributed by atoms with van der Waals surface area (Å²) in [5, 5.41) is 6.86. The summed E-state index contributed by atoms with van der Waals surface area (Å²) in [6.45, 7) is 5.59. The Morgan fingerprint density at radius 3 is 3.05 bits per heavy atom. The number of anilines is 2. The van der Waals surface area contributed by atoms with Gasteiger partial charge >= 0.3 is 0 Å². The molecular weight excluding hydrogens is 238 g/mol. The number of aromatic nitrogens is 2. The molecule has 3 heterocycles. The molecule has 0 radical (unpaired) electrons. The van der Waals surface area contributed by atoms with Crippen LogP contribution in [0.3, 0.4) is 0 Å². The first-order chi connectivity index (χ1) is 9.36. The number of rotatable bonds is 5. The van der Waals surface area contributed by atoms with E-state index >= 15 is 0 Å². The van der Waals surface area contributed by atoms with Gasteiger partial charge in [0.25, 0.3) is 0 Å². The minimum absolute atomic E-state index is 0.540. The Morgan fingerprint density at radius 1 is 1.26 bits per heavy atom. The average Bonchev–Trinajstić information content (AvgIpc) is 3.02. The van der Waals surface area contributed by atoms with E-state index in [1.807, 2.05) is 6.20 Å². The van der Waals surface area contributed by atoms with Gasteiger partial charge in [-0.05, 0) is 32.2 Å². The van der Waals surface area contributed by atoms with Gasteiger partial charge in [0.2, 0.25) is 0 Å². The van der Waals surface area contributed by atoms with Crippen molar-refractivity contribution in [3.8, 4) is 0 Å². The average molecular weight is 261 g/mol. The molecule has 1 aromatic heterocycles. The highest BCUT2D eigenvalue weighted by Gasteiger charge is 2.37. The van der Waals surface area contributed by atoms with Crippen LogP contribution in [0, 0.1) is 0 Å². The molecule has 0 bridgehead atoms. The van der Waals surface area contributed by atoms with Gasteiger partial charge in [-0.15, -0.1) is 0 Å². The lowest BCUT2D eigenvalue weighted by Crippen LogP contribution is -2.34. The molecule has 2 unspecified atom stereocenters. The quantitative estimate of drug-likeness (QED) is 0.848. The fraction of sp³-hybridized carbons (Fsp3) is 0.714. The summed E-state index contributed by atoms with van der Waals surface area (Å²) in [5.74, 6) is 1.77. The first-order valence-corrected chi connectivity index (χ1v) is 7.43. The van der Waals surface area contributed by atoms with E-state index in [4.69, 9.17) is 0 Å². The molecule has 5 nitrogen and oxygen atoms in total. The summed E-state index contributed by atoms with van der Waals surface area (Å²) >= 11 is 0. The van der Waals surface area contributed by atoms with Gasteiger partial charge in [0.1, 0.15) is 11.6 Å². The highest BCUT2D eigenvalue weighted by molar-refractivity contribution is 5.42. The highest BCUT2D eigenvalue weighted by Crippen LogP contribution is 2.29.